The molecule has 2 aromatic carbocycles. The normalized spacial score (nSPS) is 10.6. The number of ether oxygens (including phenoxy) is 1. The maximum atomic E-state index is 5.95. The third-order valence-electron chi connectivity index (χ3n) is 2.83. The van der Waals surface area contributed by atoms with Crippen LogP contribution in [0.15, 0.2) is 48.5 Å². The lowest BCUT2D eigenvalue weighted by molar-refractivity contribution is 0.271. The molecule has 0 bridgehead atoms. The largest absolute Gasteiger partial charge is 0.493 e. The number of benzene rings is 2. The van der Waals surface area contributed by atoms with E-state index in [0.717, 1.165) is 29.6 Å². The SMILES string of the molecule is CC(C)COc1ccc(CNc2cccc(Cl)c2)cc1. The van der Waals surface area contributed by atoms with Crippen LogP contribution in [-0.2, 0) is 6.54 Å². The number of halogens is 1. The quantitative estimate of drug-likeness (QED) is 0.809. The van der Waals surface area contributed by atoms with Crippen LogP contribution in [0.3, 0.4) is 0 Å². The van der Waals surface area contributed by atoms with Gasteiger partial charge in [-0.1, -0.05) is 43.6 Å². The van der Waals surface area contributed by atoms with Crippen molar-refractivity contribution in [3.63, 3.8) is 0 Å². The Balaban J connectivity index is 1.87. The Labute approximate surface area is 125 Å². The summed E-state index contributed by atoms with van der Waals surface area (Å²) in [7, 11) is 0. The van der Waals surface area contributed by atoms with E-state index in [2.05, 4.69) is 31.3 Å². The van der Waals surface area contributed by atoms with E-state index in [4.69, 9.17) is 16.3 Å². The van der Waals surface area contributed by atoms with Gasteiger partial charge in [-0.05, 0) is 41.8 Å². The average Bonchev–Trinajstić information content (AvgIpc) is 2.44. The van der Waals surface area contributed by atoms with Gasteiger partial charge in [-0.2, -0.15) is 0 Å². The maximum Gasteiger partial charge on any atom is 0.119 e. The summed E-state index contributed by atoms with van der Waals surface area (Å²) in [6, 6.07) is 15.9. The van der Waals surface area contributed by atoms with Crippen LogP contribution in [0.1, 0.15) is 19.4 Å². The molecule has 0 fully saturated rings. The van der Waals surface area contributed by atoms with Crippen molar-refractivity contribution >= 4 is 17.3 Å². The van der Waals surface area contributed by atoms with Crippen LogP contribution < -0.4 is 10.1 Å². The van der Waals surface area contributed by atoms with E-state index in [1.165, 1.54) is 5.56 Å². The predicted molar refractivity (Wildman–Crippen MR) is 85.6 cm³/mol. The Morgan fingerprint density at radius 3 is 2.50 bits per heavy atom. The highest BCUT2D eigenvalue weighted by Gasteiger charge is 1.99. The summed E-state index contributed by atoms with van der Waals surface area (Å²) >= 11 is 5.95. The highest BCUT2D eigenvalue weighted by molar-refractivity contribution is 6.30. The molecule has 20 heavy (non-hydrogen) atoms. The van der Waals surface area contributed by atoms with Crippen molar-refractivity contribution in [2.45, 2.75) is 20.4 Å². The molecule has 2 aromatic rings. The standard InChI is InChI=1S/C17H20ClNO/c1-13(2)12-20-17-8-6-14(7-9-17)11-19-16-5-3-4-15(18)10-16/h3-10,13,19H,11-12H2,1-2H3. The molecular weight excluding hydrogens is 270 g/mol. The molecule has 0 aliphatic carbocycles. The van der Waals surface area contributed by atoms with E-state index in [1.807, 2.05) is 36.4 Å². The monoisotopic (exact) mass is 289 g/mol. The van der Waals surface area contributed by atoms with E-state index in [-0.39, 0.29) is 0 Å². The van der Waals surface area contributed by atoms with Gasteiger partial charge >= 0.3 is 0 Å². The molecule has 0 amide bonds. The molecular formula is C17H20ClNO. The minimum absolute atomic E-state index is 0.541. The highest BCUT2D eigenvalue weighted by atomic mass is 35.5. The van der Waals surface area contributed by atoms with E-state index in [1.54, 1.807) is 0 Å². The van der Waals surface area contributed by atoms with Crippen LogP contribution in [0.2, 0.25) is 5.02 Å². The average molecular weight is 290 g/mol. The molecule has 3 heteroatoms. The molecule has 1 N–H and O–H groups in total. The predicted octanol–water partition coefficient (Wildman–Crippen LogP) is 4.99. The molecule has 0 unspecified atom stereocenters. The fourth-order valence-electron chi connectivity index (χ4n) is 1.77. The van der Waals surface area contributed by atoms with Gasteiger partial charge in [0.15, 0.2) is 0 Å². The minimum atomic E-state index is 0.541. The van der Waals surface area contributed by atoms with Crippen molar-refractivity contribution in [3.05, 3.63) is 59.1 Å². The first-order valence-electron chi connectivity index (χ1n) is 6.84. The minimum Gasteiger partial charge on any atom is -0.493 e. The third kappa shape index (κ3) is 4.78. The maximum absolute atomic E-state index is 5.95. The first-order chi connectivity index (χ1) is 9.63. The molecule has 0 aromatic heterocycles. The Morgan fingerprint density at radius 1 is 1.10 bits per heavy atom. The van der Waals surface area contributed by atoms with Gasteiger partial charge in [0.2, 0.25) is 0 Å². The van der Waals surface area contributed by atoms with Crippen molar-refractivity contribution in [1.29, 1.82) is 0 Å². The zero-order valence-electron chi connectivity index (χ0n) is 11.9. The summed E-state index contributed by atoms with van der Waals surface area (Å²) in [6.45, 7) is 5.80. The lowest BCUT2D eigenvalue weighted by atomic mass is 10.2. The van der Waals surface area contributed by atoms with Crippen molar-refractivity contribution in [2.24, 2.45) is 5.92 Å². The van der Waals surface area contributed by atoms with Gasteiger partial charge < -0.3 is 10.1 Å². The van der Waals surface area contributed by atoms with Crippen molar-refractivity contribution in [2.75, 3.05) is 11.9 Å². The van der Waals surface area contributed by atoms with Gasteiger partial charge in [-0.15, -0.1) is 0 Å². The highest BCUT2D eigenvalue weighted by Crippen LogP contribution is 2.17. The molecule has 106 valence electrons. The fourth-order valence-corrected chi connectivity index (χ4v) is 1.96. The van der Waals surface area contributed by atoms with Crippen LogP contribution in [0.4, 0.5) is 5.69 Å². The number of hydrogen-bond acceptors (Lipinski definition) is 2. The second-order valence-electron chi connectivity index (χ2n) is 5.21. The van der Waals surface area contributed by atoms with Crippen LogP contribution in [0.5, 0.6) is 5.75 Å². The van der Waals surface area contributed by atoms with Gasteiger partial charge in [-0.25, -0.2) is 0 Å². The lowest BCUT2D eigenvalue weighted by Gasteiger charge is -2.10. The number of nitrogens with one attached hydrogen (secondary N) is 1. The molecule has 0 radical (unpaired) electrons. The summed E-state index contributed by atoms with van der Waals surface area (Å²) in [6.07, 6.45) is 0. The Hall–Kier alpha value is -1.67. The zero-order valence-corrected chi connectivity index (χ0v) is 12.7. The Morgan fingerprint density at radius 2 is 1.85 bits per heavy atom. The number of anilines is 1. The second kappa shape index (κ2) is 7.20. The second-order valence-corrected chi connectivity index (χ2v) is 5.65. The van der Waals surface area contributed by atoms with Gasteiger partial charge in [0, 0.05) is 17.3 Å². The zero-order chi connectivity index (χ0) is 14.4. The van der Waals surface area contributed by atoms with E-state index in [0.29, 0.717) is 5.92 Å². The first-order valence-corrected chi connectivity index (χ1v) is 7.22. The molecule has 0 heterocycles. The first kappa shape index (κ1) is 14.7. The molecule has 0 atom stereocenters. The molecule has 0 saturated carbocycles. The van der Waals surface area contributed by atoms with Crippen molar-refractivity contribution in [3.8, 4) is 5.75 Å². The lowest BCUT2D eigenvalue weighted by Crippen LogP contribution is -2.04. The number of rotatable bonds is 6. The molecule has 0 aliphatic rings. The molecule has 0 spiro atoms. The summed E-state index contributed by atoms with van der Waals surface area (Å²) in [5, 5.41) is 4.09. The summed E-state index contributed by atoms with van der Waals surface area (Å²) in [5.74, 6) is 1.46. The number of hydrogen-bond donors (Lipinski definition) is 1. The van der Waals surface area contributed by atoms with E-state index in [9.17, 15) is 0 Å². The van der Waals surface area contributed by atoms with E-state index >= 15 is 0 Å². The van der Waals surface area contributed by atoms with Gasteiger partial charge in [0.25, 0.3) is 0 Å². The van der Waals surface area contributed by atoms with Gasteiger partial charge in [-0.3, -0.25) is 0 Å². The molecule has 2 rings (SSSR count). The molecule has 2 nitrogen and oxygen atoms in total. The van der Waals surface area contributed by atoms with Crippen LogP contribution in [-0.4, -0.2) is 6.61 Å². The van der Waals surface area contributed by atoms with Crippen LogP contribution >= 0.6 is 11.6 Å². The van der Waals surface area contributed by atoms with Crippen molar-refractivity contribution in [1.82, 2.24) is 0 Å². The van der Waals surface area contributed by atoms with Gasteiger partial charge in [0.1, 0.15) is 5.75 Å². The summed E-state index contributed by atoms with van der Waals surface area (Å²) in [5.41, 5.74) is 2.24. The molecule has 0 aliphatic heterocycles. The van der Waals surface area contributed by atoms with Gasteiger partial charge in [0.05, 0.1) is 6.61 Å². The topological polar surface area (TPSA) is 21.3 Å². The van der Waals surface area contributed by atoms with Crippen LogP contribution in [0.25, 0.3) is 0 Å². The smallest absolute Gasteiger partial charge is 0.119 e. The fraction of sp³-hybridized carbons (Fsp3) is 0.294. The summed E-state index contributed by atoms with van der Waals surface area (Å²) < 4.78 is 5.66. The Kier molecular flexibility index (Phi) is 5.31. The van der Waals surface area contributed by atoms with Crippen molar-refractivity contribution < 1.29 is 4.74 Å². The summed E-state index contributed by atoms with van der Waals surface area (Å²) in [4.78, 5) is 0. The third-order valence-corrected chi connectivity index (χ3v) is 3.06. The van der Waals surface area contributed by atoms with Crippen LogP contribution in [0, 0.1) is 5.92 Å². The Bertz CT molecular complexity index is 537. The van der Waals surface area contributed by atoms with E-state index < -0.39 is 0 Å². The molecule has 0 saturated heterocycles.